The highest BCUT2D eigenvalue weighted by molar-refractivity contribution is 7.85. The smallest absolute Gasteiger partial charge is 0.303 e. The quantitative estimate of drug-likeness (QED) is 0.310. The lowest BCUT2D eigenvalue weighted by molar-refractivity contribution is -0.166. The second kappa shape index (κ2) is 11.9. The van der Waals surface area contributed by atoms with Crippen LogP contribution in [0.1, 0.15) is 105 Å². The Kier molecular flexibility index (Phi) is 9.66. The predicted molar refractivity (Wildman–Crippen MR) is 143 cm³/mol. The molecule has 4 rings (SSSR count). The van der Waals surface area contributed by atoms with Crippen molar-refractivity contribution in [2.24, 2.45) is 46.3 Å². The molecule has 0 amide bonds. The molecule has 216 valence electrons. The zero-order valence-corrected chi connectivity index (χ0v) is 24.2. The van der Waals surface area contributed by atoms with Crippen LogP contribution in [-0.4, -0.2) is 47.1 Å². The van der Waals surface area contributed by atoms with E-state index in [4.69, 9.17) is 9.66 Å². The van der Waals surface area contributed by atoms with E-state index in [1.165, 1.54) is 0 Å². The molecule has 4 aliphatic rings. The van der Waals surface area contributed by atoms with Crippen molar-refractivity contribution in [2.75, 3.05) is 5.75 Å². The average Bonchev–Trinajstić information content (AvgIpc) is 3.18. The van der Waals surface area contributed by atoms with Crippen molar-refractivity contribution >= 4 is 33.4 Å². The Balaban J connectivity index is 0.000000383. The highest BCUT2D eigenvalue weighted by atomic mass is 32.2. The monoisotopic (exact) mass is 554 g/mol. The summed E-state index contributed by atoms with van der Waals surface area (Å²) < 4.78 is 28.3. The lowest BCUT2D eigenvalue weighted by Crippen LogP contribution is -2.60. The Morgan fingerprint density at radius 1 is 1.05 bits per heavy atom. The van der Waals surface area contributed by atoms with Crippen LogP contribution in [0.2, 0.25) is 0 Å². The molecule has 0 aromatic carbocycles. The van der Waals surface area contributed by atoms with Gasteiger partial charge in [0.1, 0.15) is 17.3 Å². The van der Waals surface area contributed by atoms with Gasteiger partial charge in [-0.2, -0.15) is 8.42 Å². The average molecular weight is 555 g/mol. The minimum Gasteiger partial charge on any atom is -0.481 e. The number of carbonyl (C=O) groups excluding carboxylic acids is 3. The van der Waals surface area contributed by atoms with Gasteiger partial charge in [0.2, 0.25) is 0 Å². The topological polar surface area (TPSA) is 143 Å². The number of hydrogen-bond donors (Lipinski definition) is 2. The van der Waals surface area contributed by atoms with Gasteiger partial charge in [0.25, 0.3) is 10.1 Å². The molecule has 4 saturated carbocycles. The van der Waals surface area contributed by atoms with E-state index in [9.17, 15) is 27.6 Å². The molecule has 4 fully saturated rings. The van der Waals surface area contributed by atoms with Crippen LogP contribution in [0.5, 0.6) is 0 Å². The van der Waals surface area contributed by atoms with Gasteiger partial charge in [-0.25, -0.2) is 0 Å². The highest BCUT2D eigenvalue weighted by Crippen LogP contribution is 2.66. The summed E-state index contributed by atoms with van der Waals surface area (Å²) in [7, 11) is -3.70. The molecular weight excluding hydrogens is 508 g/mol. The maximum absolute atomic E-state index is 13.6. The number of Topliss-reactive ketones (excluding diaryl/α,β-unsaturated/α-hetero) is 3. The van der Waals surface area contributed by atoms with Gasteiger partial charge in [-0.15, -0.1) is 0 Å². The predicted octanol–water partition coefficient (Wildman–Crippen LogP) is 5.14. The fourth-order valence-electron chi connectivity index (χ4n) is 8.48. The number of carbonyl (C=O) groups is 4. The van der Waals surface area contributed by atoms with Crippen LogP contribution in [0.25, 0.3) is 0 Å². The van der Waals surface area contributed by atoms with E-state index < -0.39 is 21.5 Å². The summed E-state index contributed by atoms with van der Waals surface area (Å²) in [6.07, 6.45) is 7.72. The summed E-state index contributed by atoms with van der Waals surface area (Å²) in [5.41, 5.74) is -0.598. The van der Waals surface area contributed by atoms with E-state index in [0.29, 0.717) is 38.5 Å². The first-order valence-corrected chi connectivity index (χ1v) is 16.0. The Hall–Kier alpha value is -1.61. The van der Waals surface area contributed by atoms with Crippen molar-refractivity contribution in [1.82, 2.24) is 0 Å². The van der Waals surface area contributed by atoms with Crippen LogP contribution in [0.3, 0.4) is 0 Å². The molecule has 4 aliphatic carbocycles. The summed E-state index contributed by atoms with van der Waals surface area (Å²) in [5, 5.41) is 9.06. The minimum atomic E-state index is -3.70. The summed E-state index contributed by atoms with van der Waals surface area (Å²) in [5.74, 6) is 0.427. The SMILES string of the molecule is CCCCCS(=O)(=O)O.C[C@H](CCC(=O)O)[C@H]1CC[C@H]2[C@@H]3C(=O)C[C@@H]4CC(=O)CC[C@]4(C)[C@H]3CC(=O)[C@]12C. The number of carboxylic acids is 1. The Labute approximate surface area is 227 Å². The number of rotatable bonds is 8. The van der Waals surface area contributed by atoms with Crippen molar-refractivity contribution in [2.45, 2.75) is 105 Å². The fourth-order valence-corrected chi connectivity index (χ4v) is 9.05. The molecule has 0 spiro atoms. The number of fused-ring (bicyclic) bond motifs is 5. The van der Waals surface area contributed by atoms with Crippen LogP contribution in [0.4, 0.5) is 0 Å². The van der Waals surface area contributed by atoms with Crippen LogP contribution >= 0.6 is 0 Å². The summed E-state index contributed by atoms with van der Waals surface area (Å²) in [6.45, 7) is 8.35. The van der Waals surface area contributed by atoms with Crippen molar-refractivity contribution < 1.29 is 37.3 Å². The maximum Gasteiger partial charge on any atom is 0.303 e. The molecule has 0 aromatic rings. The van der Waals surface area contributed by atoms with Gasteiger partial charge in [-0.05, 0) is 67.1 Å². The second-order valence-corrected chi connectivity index (χ2v) is 14.4. The molecule has 0 saturated heterocycles. The Morgan fingerprint density at radius 2 is 1.74 bits per heavy atom. The van der Waals surface area contributed by atoms with E-state index in [2.05, 4.69) is 20.8 Å². The first-order chi connectivity index (χ1) is 17.6. The number of carboxylic acid groups (broad SMARTS) is 1. The van der Waals surface area contributed by atoms with Crippen molar-refractivity contribution in [3.63, 3.8) is 0 Å². The van der Waals surface area contributed by atoms with E-state index in [1.807, 2.05) is 6.92 Å². The molecule has 2 N–H and O–H groups in total. The third-order valence-corrected chi connectivity index (χ3v) is 11.5. The molecule has 0 unspecified atom stereocenters. The third kappa shape index (κ3) is 6.24. The van der Waals surface area contributed by atoms with E-state index in [-0.39, 0.29) is 70.4 Å². The van der Waals surface area contributed by atoms with Crippen LogP contribution in [0.15, 0.2) is 0 Å². The number of aliphatic carboxylic acids is 1. The van der Waals surface area contributed by atoms with Crippen molar-refractivity contribution in [3.8, 4) is 0 Å². The van der Waals surface area contributed by atoms with E-state index in [1.54, 1.807) is 0 Å². The highest BCUT2D eigenvalue weighted by Gasteiger charge is 2.66. The molecule has 0 radical (unpaired) electrons. The molecule has 0 bridgehead atoms. The molecule has 8 nitrogen and oxygen atoms in total. The third-order valence-electron chi connectivity index (χ3n) is 10.7. The summed E-state index contributed by atoms with van der Waals surface area (Å²) in [4.78, 5) is 50.0. The second-order valence-electron chi connectivity index (χ2n) is 12.9. The largest absolute Gasteiger partial charge is 0.481 e. The van der Waals surface area contributed by atoms with Gasteiger partial charge in [0.15, 0.2) is 0 Å². The summed E-state index contributed by atoms with van der Waals surface area (Å²) in [6, 6.07) is 0. The van der Waals surface area contributed by atoms with Crippen molar-refractivity contribution in [3.05, 3.63) is 0 Å². The first-order valence-electron chi connectivity index (χ1n) is 14.4. The lowest BCUT2D eigenvalue weighted by Gasteiger charge is -2.58. The molecule has 0 aliphatic heterocycles. The van der Waals surface area contributed by atoms with Crippen LogP contribution in [-0.2, 0) is 29.3 Å². The summed E-state index contributed by atoms with van der Waals surface area (Å²) >= 11 is 0. The van der Waals surface area contributed by atoms with Gasteiger partial charge in [-0.1, -0.05) is 40.5 Å². The first kappa shape index (κ1) is 30.9. The lowest BCUT2D eigenvalue weighted by atomic mass is 9.44. The van der Waals surface area contributed by atoms with E-state index in [0.717, 1.165) is 32.1 Å². The molecule has 0 heterocycles. The fraction of sp³-hybridized carbons (Fsp3) is 0.862. The molecular formula is C29H46O8S. The molecule has 8 atom stereocenters. The van der Waals surface area contributed by atoms with Gasteiger partial charge < -0.3 is 5.11 Å². The van der Waals surface area contributed by atoms with Crippen molar-refractivity contribution in [1.29, 1.82) is 0 Å². The van der Waals surface area contributed by atoms with Crippen LogP contribution in [0, 0.1) is 46.3 Å². The maximum atomic E-state index is 13.6. The number of ketones is 3. The normalized spacial score (nSPS) is 37.4. The zero-order valence-electron chi connectivity index (χ0n) is 23.4. The Bertz CT molecular complexity index is 1040. The Morgan fingerprint density at radius 3 is 2.34 bits per heavy atom. The number of unbranched alkanes of at least 4 members (excludes halogenated alkanes) is 2. The number of hydrogen-bond acceptors (Lipinski definition) is 6. The van der Waals surface area contributed by atoms with Gasteiger partial charge in [0, 0.05) is 43.4 Å². The molecule has 38 heavy (non-hydrogen) atoms. The van der Waals surface area contributed by atoms with E-state index >= 15 is 0 Å². The standard InChI is InChI=1S/C24H34O5.C5H12O3S/c1-13(4-7-21(28)29)16-5-6-17-22-18(12-20(27)24(16,17)3)23(2)9-8-15(25)10-14(23)11-19(22)26;1-2-3-4-5-9(6,7)8/h13-14,16-18,22H,4-12H2,1-3H3,(H,28,29);2-5H2,1H3,(H,6,7,8)/t13-,14+,16-,17+,18+,22+,23+,24-;/m1./s1. The molecule has 0 aromatic heterocycles. The van der Waals surface area contributed by atoms with Gasteiger partial charge in [-0.3, -0.25) is 23.7 Å². The molecule has 9 heteroatoms. The minimum absolute atomic E-state index is 0.0659. The van der Waals surface area contributed by atoms with Gasteiger partial charge >= 0.3 is 5.97 Å². The van der Waals surface area contributed by atoms with Gasteiger partial charge in [0.05, 0.1) is 5.75 Å². The zero-order chi connectivity index (χ0) is 28.5. The van der Waals surface area contributed by atoms with Crippen LogP contribution < -0.4 is 0 Å².